The standard InChI is InChI=1S/C16H30BrN3O/c1-8-11-14(17)13(20(9-2)19-11)10-12(18-6)15(21-7)16(3,4)5/h12,15,18H,8-10H2,1-7H3. The van der Waals surface area contributed by atoms with Gasteiger partial charge >= 0.3 is 0 Å². The van der Waals surface area contributed by atoms with Crippen LogP contribution >= 0.6 is 15.9 Å². The maximum absolute atomic E-state index is 5.78. The maximum Gasteiger partial charge on any atom is 0.0776 e. The molecule has 1 aromatic rings. The van der Waals surface area contributed by atoms with Crippen molar-refractivity contribution in [3.63, 3.8) is 0 Å². The summed E-state index contributed by atoms with van der Waals surface area (Å²) in [6.07, 6.45) is 1.98. The SMILES string of the molecule is CCc1nn(CC)c(CC(NC)C(OC)C(C)(C)C)c1Br. The van der Waals surface area contributed by atoms with Crippen LogP contribution in [0.3, 0.4) is 0 Å². The molecule has 0 aliphatic rings. The van der Waals surface area contributed by atoms with E-state index in [-0.39, 0.29) is 17.6 Å². The maximum atomic E-state index is 5.78. The summed E-state index contributed by atoms with van der Waals surface area (Å²) < 4.78 is 9.03. The lowest BCUT2D eigenvalue weighted by atomic mass is 9.83. The number of rotatable bonds is 7. The van der Waals surface area contributed by atoms with E-state index >= 15 is 0 Å². The number of aromatic nitrogens is 2. The summed E-state index contributed by atoms with van der Waals surface area (Å²) in [6.45, 7) is 11.8. The van der Waals surface area contributed by atoms with E-state index in [0.29, 0.717) is 0 Å². The Balaban J connectivity index is 3.09. The molecule has 0 bridgehead atoms. The van der Waals surface area contributed by atoms with E-state index in [0.717, 1.165) is 29.6 Å². The topological polar surface area (TPSA) is 39.1 Å². The summed E-state index contributed by atoms with van der Waals surface area (Å²) in [4.78, 5) is 0. The van der Waals surface area contributed by atoms with Gasteiger partial charge in [0.25, 0.3) is 0 Å². The molecule has 1 N–H and O–H groups in total. The summed E-state index contributed by atoms with van der Waals surface area (Å²) in [6, 6.07) is 0.248. The van der Waals surface area contributed by atoms with E-state index in [9.17, 15) is 0 Å². The van der Waals surface area contributed by atoms with Crippen LogP contribution in [0.25, 0.3) is 0 Å². The Hall–Kier alpha value is -0.390. The van der Waals surface area contributed by atoms with Crippen molar-refractivity contribution in [3.8, 4) is 0 Å². The van der Waals surface area contributed by atoms with Crippen LogP contribution in [0.15, 0.2) is 4.47 Å². The van der Waals surface area contributed by atoms with Crippen LogP contribution in [-0.4, -0.2) is 36.1 Å². The van der Waals surface area contributed by atoms with Gasteiger partial charge in [0.15, 0.2) is 0 Å². The first-order valence-electron chi connectivity index (χ1n) is 7.74. The minimum atomic E-state index is 0.0829. The van der Waals surface area contributed by atoms with Crippen molar-refractivity contribution in [2.75, 3.05) is 14.2 Å². The second kappa shape index (κ2) is 7.75. The highest BCUT2D eigenvalue weighted by atomic mass is 79.9. The van der Waals surface area contributed by atoms with Crippen molar-refractivity contribution >= 4 is 15.9 Å². The Kier molecular flexibility index (Phi) is 6.88. The van der Waals surface area contributed by atoms with E-state index in [4.69, 9.17) is 4.74 Å². The van der Waals surface area contributed by atoms with E-state index in [1.807, 2.05) is 7.05 Å². The second-order valence-corrected chi connectivity index (χ2v) is 7.29. The van der Waals surface area contributed by atoms with Crippen LogP contribution in [-0.2, 0) is 24.1 Å². The van der Waals surface area contributed by atoms with E-state index in [2.05, 4.69) is 65.6 Å². The molecule has 4 nitrogen and oxygen atoms in total. The fraction of sp³-hybridized carbons (Fsp3) is 0.812. The largest absolute Gasteiger partial charge is 0.379 e. The smallest absolute Gasteiger partial charge is 0.0776 e. The van der Waals surface area contributed by atoms with Gasteiger partial charge in [-0.3, -0.25) is 4.68 Å². The highest BCUT2D eigenvalue weighted by Gasteiger charge is 2.33. The number of nitrogens with zero attached hydrogens (tertiary/aromatic N) is 2. The van der Waals surface area contributed by atoms with Gasteiger partial charge in [0, 0.05) is 26.1 Å². The molecule has 122 valence electrons. The van der Waals surface area contributed by atoms with Crippen molar-refractivity contribution in [1.29, 1.82) is 0 Å². The van der Waals surface area contributed by atoms with Crippen molar-refractivity contribution in [2.24, 2.45) is 5.41 Å². The minimum absolute atomic E-state index is 0.0829. The zero-order valence-electron chi connectivity index (χ0n) is 14.5. The van der Waals surface area contributed by atoms with Gasteiger partial charge in [0.05, 0.1) is 22.0 Å². The third-order valence-corrected chi connectivity index (χ3v) is 4.87. The first-order chi connectivity index (χ1) is 9.79. The number of nitrogens with one attached hydrogen (secondary N) is 1. The van der Waals surface area contributed by atoms with Gasteiger partial charge in [0.1, 0.15) is 0 Å². The Morgan fingerprint density at radius 2 is 1.95 bits per heavy atom. The summed E-state index contributed by atoms with van der Waals surface area (Å²) in [7, 11) is 3.80. The molecule has 0 saturated carbocycles. The minimum Gasteiger partial charge on any atom is -0.379 e. The van der Waals surface area contributed by atoms with Gasteiger partial charge in [-0.05, 0) is 41.7 Å². The van der Waals surface area contributed by atoms with Crippen LogP contribution < -0.4 is 5.32 Å². The fourth-order valence-corrected chi connectivity index (χ4v) is 3.63. The van der Waals surface area contributed by atoms with Crippen LogP contribution in [0.2, 0.25) is 0 Å². The molecule has 0 spiro atoms. The highest BCUT2D eigenvalue weighted by molar-refractivity contribution is 9.10. The van der Waals surface area contributed by atoms with Crippen molar-refractivity contribution in [2.45, 2.75) is 66.2 Å². The third kappa shape index (κ3) is 4.30. The lowest BCUT2D eigenvalue weighted by Gasteiger charge is -2.36. The molecule has 0 aliphatic heterocycles. The molecular formula is C16H30BrN3O. The second-order valence-electron chi connectivity index (χ2n) is 6.50. The van der Waals surface area contributed by atoms with Crippen LogP contribution in [0.5, 0.6) is 0 Å². The summed E-state index contributed by atoms with van der Waals surface area (Å²) in [5.74, 6) is 0. The zero-order valence-corrected chi connectivity index (χ0v) is 16.0. The normalized spacial score (nSPS) is 15.2. The molecule has 1 heterocycles. The van der Waals surface area contributed by atoms with Crippen molar-refractivity contribution < 1.29 is 4.74 Å². The van der Waals surface area contributed by atoms with E-state index in [1.165, 1.54) is 5.69 Å². The lowest BCUT2D eigenvalue weighted by Crippen LogP contribution is -2.48. The molecule has 2 atom stereocenters. The predicted molar refractivity (Wildman–Crippen MR) is 91.8 cm³/mol. The monoisotopic (exact) mass is 359 g/mol. The third-order valence-electron chi connectivity index (χ3n) is 3.95. The summed E-state index contributed by atoms with van der Waals surface area (Å²) in [5.41, 5.74) is 2.46. The Morgan fingerprint density at radius 1 is 1.33 bits per heavy atom. The zero-order chi connectivity index (χ0) is 16.2. The molecule has 1 rings (SSSR count). The van der Waals surface area contributed by atoms with Crippen molar-refractivity contribution in [3.05, 3.63) is 15.9 Å². The molecule has 21 heavy (non-hydrogen) atoms. The van der Waals surface area contributed by atoms with Gasteiger partial charge in [-0.1, -0.05) is 27.7 Å². The van der Waals surface area contributed by atoms with Gasteiger partial charge in [0.2, 0.25) is 0 Å². The number of hydrogen-bond donors (Lipinski definition) is 1. The average Bonchev–Trinajstić information content (AvgIpc) is 2.73. The molecule has 2 unspecified atom stereocenters. The number of ether oxygens (including phenoxy) is 1. The molecule has 1 aromatic heterocycles. The lowest BCUT2D eigenvalue weighted by molar-refractivity contribution is -0.00966. The number of likely N-dealkylation sites (N-methyl/N-ethyl adjacent to an activating group) is 1. The van der Waals surface area contributed by atoms with Gasteiger partial charge < -0.3 is 10.1 Å². The number of halogens is 1. The van der Waals surface area contributed by atoms with Gasteiger partial charge in [-0.2, -0.15) is 5.10 Å². The first kappa shape index (κ1) is 18.7. The molecule has 5 heteroatoms. The summed E-state index contributed by atoms with van der Waals surface area (Å²) in [5, 5.41) is 8.11. The fourth-order valence-electron chi connectivity index (χ4n) is 2.90. The van der Waals surface area contributed by atoms with Gasteiger partial charge in [-0.15, -0.1) is 0 Å². The predicted octanol–water partition coefficient (Wildman–Crippen LogP) is 3.42. The quantitative estimate of drug-likeness (QED) is 0.810. The number of methoxy groups -OCH3 is 1. The van der Waals surface area contributed by atoms with Crippen LogP contribution in [0.1, 0.15) is 46.0 Å². The van der Waals surface area contributed by atoms with Crippen molar-refractivity contribution in [1.82, 2.24) is 15.1 Å². The number of aryl methyl sites for hydroxylation is 2. The molecule has 0 saturated heterocycles. The molecule has 0 amide bonds. The van der Waals surface area contributed by atoms with Crippen LogP contribution in [0.4, 0.5) is 0 Å². The van der Waals surface area contributed by atoms with Crippen LogP contribution in [0, 0.1) is 5.41 Å². The Bertz CT molecular complexity index is 451. The summed E-state index contributed by atoms with van der Waals surface area (Å²) >= 11 is 3.73. The molecule has 0 radical (unpaired) electrons. The van der Waals surface area contributed by atoms with E-state index in [1.54, 1.807) is 7.11 Å². The molecule has 0 aliphatic carbocycles. The highest BCUT2D eigenvalue weighted by Crippen LogP contribution is 2.29. The first-order valence-corrected chi connectivity index (χ1v) is 8.53. The Morgan fingerprint density at radius 3 is 2.33 bits per heavy atom. The van der Waals surface area contributed by atoms with E-state index < -0.39 is 0 Å². The molecule has 0 aromatic carbocycles. The molecular weight excluding hydrogens is 330 g/mol. The Labute approximate surface area is 137 Å². The number of hydrogen-bond acceptors (Lipinski definition) is 3. The average molecular weight is 360 g/mol. The molecule has 0 fully saturated rings. The van der Waals surface area contributed by atoms with Gasteiger partial charge in [-0.25, -0.2) is 0 Å².